The number of aromatic nitrogens is 1. The van der Waals surface area contributed by atoms with E-state index in [2.05, 4.69) is 24.0 Å². The van der Waals surface area contributed by atoms with Crippen LogP contribution in [0, 0.1) is 11.6 Å². The summed E-state index contributed by atoms with van der Waals surface area (Å²) in [5, 5.41) is 10.0. The van der Waals surface area contributed by atoms with Crippen LogP contribution in [0.4, 0.5) is 8.78 Å². The van der Waals surface area contributed by atoms with Crippen LogP contribution in [-0.2, 0) is 6.42 Å². The summed E-state index contributed by atoms with van der Waals surface area (Å²) in [7, 11) is 0. The molecule has 5 heteroatoms. The number of fused-ring (bicyclic) bond motifs is 1. The Morgan fingerprint density at radius 2 is 1.79 bits per heavy atom. The second-order valence-corrected chi connectivity index (χ2v) is 6.93. The number of halogens is 2. The second-order valence-electron chi connectivity index (χ2n) is 5.90. The van der Waals surface area contributed by atoms with Crippen molar-refractivity contribution in [3.05, 3.63) is 47.5 Å². The normalized spacial score (nSPS) is 11.3. The second kappa shape index (κ2) is 7.26. The van der Waals surface area contributed by atoms with E-state index >= 15 is 0 Å². The molecule has 0 aliphatic carbocycles. The van der Waals surface area contributed by atoms with Gasteiger partial charge in [0.15, 0.2) is 11.6 Å². The van der Waals surface area contributed by atoms with Crippen LogP contribution in [0.5, 0.6) is 5.75 Å². The minimum Gasteiger partial charge on any atom is -0.505 e. The van der Waals surface area contributed by atoms with E-state index in [0.717, 1.165) is 12.0 Å². The van der Waals surface area contributed by atoms with Gasteiger partial charge < -0.3 is 5.11 Å². The van der Waals surface area contributed by atoms with Crippen LogP contribution >= 0.6 is 11.3 Å². The Morgan fingerprint density at radius 1 is 1.04 bits per heavy atom. The minimum absolute atomic E-state index is 0.0334. The Balaban J connectivity index is 1.81. The number of phenolic OH excluding ortho intramolecular Hbond substituents is 1. The zero-order valence-corrected chi connectivity index (χ0v) is 14.3. The number of thiazole rings is 1. The largest absolute Gasteiger partial charge is 0.505 e. The van der Waals surface area contributed by atoms with Crippen molar-refractivity contribution in [3.8, 4) is 16.3 Å². The molecular weight excluding hydrogens is 328 g/mol. The molecule has 0 unspecified atom stereocenters. The van der Waals surface area contributed by atoms with Gasteiger partial charge in [-0.3, -0.25) is 0 Å². The summed E-state index contributed by atoms with van der Waals surface area (Å²) in [6, 6.07) is 9.25. The van der Waals surface area contributed by atoms with E-state index < -0.39 is 17.4 Å². The molecule has 24 heavy (non-hydrogen) atoms. The van der Waals surface area contributed by atoms with Gasteiger partial charge in [0.05, 0.1) is 4.70 Å². The monoisotopic (exact) mass is 347 g/mol. The number of hydrogen-bond acceptors (Lipinski definition) is 3. The Kier molecular flexibility index (Phi) is 5.09. The minimum atomic E-state index is -1.25. The molecular formula is C19H19F2NOS. The van der Waals surface area contributed by atoms with Gasteiger partial charge in [0.2, 0.25) is 5.82 Å². The molecule has 3 rings (SSSR count). The van der Waals surface area contributed by atoms with E-state index in [1.165, 1.54) is 48.6 Å². The number of aryl methyl sites for hydroxylation is 1. The molecule has 2 nitrogen and oxygen atoms in total. The predicted octanol–water partition coefficient (Wildman–Crippen LogP) is 6.07. The first-order valence-corrected chi connectivity index (χ1v) is 8.98. The molecule has 3 aromatic rings. The van der Waals surface area contributed by atoms with Gasteiger partial charge in [-0.25, -0.2) is 9.37 Å². The summed E-state index contributed by atoms with van der Waals surface area (Å²) < 4.78 is 27.7. The average Bonchev–Trinajstić information content (AvgIpc) is 3.01. The first kappa shape index (κ1) is 16.8. The maximum atomic E-state index is 13.9. The fraction of sp³-hybridized carbons (Fsp3) is 0.316. The van der Waals surface area contributed by atoms with E-state index in [9.17, 15) is 13.9 Å². The maximum absolute atomic E-state index is 13.9. The summed E-state index contributed by atoms with van der Waals surface area (Å²) in [5.41, 5.74) is 2.10. The maximum Gasteiger partial charge on any atom is 0.202 e. The van der Waals surface area contributed by atoms with Crippen molar-refractivity contribution in [1.29, 1.82) is 0 Å². The highest BCUT2D eigenvalue weighted by Gasteiger charge is 2.17. The van der Waals surface area contributed by atoms with Crippen molar-refractivity contribution in [3.63, 3.8) is 0 Å². The summed E-state index contributed by atoms with van der Waals surface area (Å²) in [6.45, 7) is 2.20. The molecule has 0 bridgehead atoms. The van der Waals surface area contributed by atoms with Crippen LogP contribution in [0.2, 0.25) is 0 Å². The lowest BCUT2D eigenvalue weighted by atomic mass is 10.0. The Labute approximate surface area is 143 Å². The highest BCUT2D eigenvalue weighted by molar-refractivity contribution is 7.21. The molecule has 0 aliphatic heterocycles. The van der Waals surface area contributed by atoms with Crippen LogP contribution in [0.25, 0.3) is 20.8 Å². The number of rotatable bonds is 6. The first-order valence-electron chi connectivity index (χ1n) is 8.17. The van der Waals surface area contributed by atoms with E-state index in [4.69, 9.17) is 0 Å². The number of hydrogen-bond donors (Lipinski definition) is 1. The summed E-state index contributed by atoms with van der Waals surface area (Å²) in [5.74, 6) is -3.03. The molecule has 1 aromatic heterocycles. The molecule has 0 saturated carbocycles. The summed E-state index contributed by atoms with van der Waals surface area (Å²) in [4.78, 5) is 4.19. The third-order valence-electron chi connectivity index (χ3n) is 4.07. The van der Waals surface area contributed by atoms with Gasteiger partial charge in [-0.2, -0.15) is 4.39 Å². The van der Waals surface area contributed by atoms with E-state index in [1.807, 2.05) is 12.1 Å². The molecule has 126 valence electrons. The zero-order valence-electron chi connectivity index (χ0n) is 13.5. The Hall–Kier alpha value is -2.01. The lowest BCUT2D eigenvalue weighted by Crippen LogP contribution is -1.87. The molecule has 1 N–H and O–H groups in total. The molecule has 1 heterocycles. The van der Waals surface area contributed by atoms with Crippen molar-refractivity contribution in [2.24, 2.45) is 0 Å². The van der Waals surface area contributed by atoms with Crippen molar-refractivity contribution >= 4 is 21.6 Å². The average molecular weight is 347 g/mol. The standard InChI is InChI=1S/C19H19F2NOS/c1-2-3-4-5-6-12-7-9-13(10-8-12)19-22-18-15(24-19)11-14(23)16(20)17(18)21/h7-11,23H,2-6H2,1H3. The number of unbranched alkanes of at least 4 members (excludes halogenated alkanes) is 3. The van der Waals surface area contributed by atoms with Crippen LogP contribution in [0.3, 0.4) is 0 Å². The molecule has 0 radical (unpaired) electrons. The Morgan fingerprint density at radius 3 is 2.50 bits per heavy atom. The van der Waals surface area contributed by atoms with Gasteiger partial charge in [-0.05, 0) is 18.4 Å². The smallest absolute Gasteiger partial charge is 0.202 e. The van der Waals surface area contributed by atoms with Gasteiger partial charge in [0.1, 0.15) is 10.5 Å². The lowest BCUT2D eigenvalue weighted by molar-refractivity contribution is 0.410. The number of phenols is 1. The molecule has 0 saturated heterocycles. The van der Waals surface area contributed by atoms with Gasteiger partial charge in [0.25, 0.3) is 0 Å². The van der Waals surface area contributed by atoms with Gasteiger partial charge in [-0.15, -0.1) is 11.3 Å². The molecule has 2 aromatic carbocycles. The van der Waals surface area contributed by atoms with Crippen LogP contribution in [-0.4, -0.2) is 10.1 Å². The lowest BCUT2D eigenvalue weighted by Gasteiger charge is -2.02. The van der Waals surface area contributed by atoms with Gasteiger partial charge >= 0.3 is 0 Å². The fourth-order valence-corrected chi connectivity index (χ4v) is 3.69. The number of nitrogens with zero attached hydrogens (tertiary/aromatic N) is 1. The highest BCUT2D eigenvalue weighted by atomic mass is 32.1. The van der Waals surface area contributed by atoms with E-state index in [0.29, 0.717) is 9.71 Å². The highest BCUT2D eigenvalue weighted by Crippen LogP contribution is 2.35. The summed E-state index contributed by atoms with van der Waals surface area (Å²) >= 11 is 1.24. The van der Waals surface area contributed by atoms with E-state index in [1.54, 1.807) is 0 Å². The predicted molar refractivity (Wildman–Crippen MR) is 94.5 cm³/mol. The van der Waals surface area contributed by atoms with Crippen LogP contribution in [0.15, 0.2) is 30.3 Å². The topological polar surface area (TPSA) is 33.1 Å². The molecule has 0 spiro atoms. The van der Waals surface area contributed by atoms with Crippen molar-refractivity contribution in [2.75, 3.05) is 0 Å². The van der Waals surface area contributed by atoms with Crippen LogP contribution < -0.4 is 0 Å². The summed E-state index contributed by atoms with van der Waals surface area (Å²) in [6.07, 6.45) is 5.96. The fourth-order valence-electron chi connectivity index (χ4n) is 2.68. The number of aromatic hydroxyl groups is 1. The quantitative estimate of drug-likeness (QED) is 0.549. The van der Waals surface area contributed by atoms with Crippen molar-refractivity contribution < 1.29 is 13.9 Å². The third kappa shape index (κ3) is 3.41. The van der Waals surface area contributed by atoms with Gasteiger partial charge in [-0.1, -0.05) is 50.5 Å². The van der Waals surface area contributed by atoms with Gasteiger partial charge in [0, 0.05) is 11.6 Å². The first-order chi connectivity index (χ1) is 11.6. The molecule has 0 atom stereocenters. The number of benzene rings is 2. The molecule has 0 fully saturated rings. The molecule has 0 amide bonds. The SMILES string of the molecule is CCCCCCc1ccc(-c2nc3c(F)c(F)c(O)cc3s2)cc1. The zero-order chi connectivity index (χ0) is 17.1. The molecule has 0 aliphatic rings. The van der Waals surface area contributed by atoms with Crippen LogP contribution in [0.1, 0.15) is 38.2 Å². The van der Waals surface area contributed by atoms with E-state index in [-0.39, 0.29) is 5.52 Å². The van der Waals surface area contributed by atoms with Crippen molar-refractivity contribution in [1.82, 2.24) is 4.98 Å². The van der Waals surface area contributed by atoms with Crippen molar-refractivity contribution in [2.45, 2.75) is 39.0 Å². The Bertz CT molecular complexity index is 843. The third-order valence-corrected chi connectivity index (χ3v) is 5.12.